The van der Waals surface area contributed by atoms with E-state index in [9.17, 15) is 8.78 Å². The van der Waals surface area contributed by atoms with E-state index in [1.165, 1.54) is 18.6 Å². The van der Waals surface area contributed by atoms with E-state index in [4.69, 9.17) is 5.26 Å². The molecule has 0 saturated carbocycles. The van der Waals surface area contributed by atoms with Crippen molar-refractivity contribution in [1.82, 2.24) is 5.01 Å². The van der Waals surface area contributed by atoms with Crippen molar-refractivity contribution in [1.29, 1.82) is 5.26 Å². The molecule has 90 valence electrons. The number of halogens is 2. The van der Waals surface area contributed by atoms with Gasteiger partial charge in [0.25, 0.3) is 0 Å². The smallest absolute Gasteiger partial charge is 0.184 e. The highest BCUT2D eigenvalue weighted by Crippen LogP contribution is 2.21. The highest BCUT2D eigenvalue weighted by atomic mass is 19.2. The summed E-state index contributed by atoms with van der Waals surface area (Å²) < 4.78 is 26.9. The van der Waals surface area contributed by atoms with E-state index in [0.717, 1.165) is 25.9 Å². The van der Waals surface area contributed by atoms with Gasteiger partial charge in [-0.3, -0.25) is 0 Å². The third-order valence-electron chi connectivity index (χ3n) is 2.84. The van der Waals surface area contributed by atoms with E-state index in [-0.39, 0.29) is 11.3 Å². The van der Waals surface area contributed by atoms with E-state index < -0.39 is 11.6 Å². The van der Waals surface area contributed by atoms with Crippen molar-refractivity contribution < 1.29 is 8.78 Å². The fourth-order valence-electron chi connectivity index (χ4n) is 1.90. The Morgan fingerprint density at radius 3 is 2.47 bits per heavy atom. The molecule has 5 heteroatoms. The number of nitrogens with one attached hydrogen (secondary N) is 1. The Labute approximate surface area is 98.6 Å². The summed E-state index contributed by atoms with van der Waals surface area (Å²) in [6.45, 7) is 1.64. The van der Waals surface area contributed by atoms with Crippen LogP contribution in [-0.2, 0) is 0 Å². The molecule has 0 bridgehead atoms. The van der Waals surface area contributed by atoms with E-state index in [0.29, 0.717) is 0 Å². The minimum atomic E-state index is -1.09. The molecular formula is C12H13F2N3. The predicted molar refractivity (Wildman–Crippen MR) is 60.1 cm³/mol. The molecule has 3 nitrogen and oxygen atoms in total. The quantitative estimate of drug-likeness (QED) is 0.859. The summed E-state index contributed by atoms with van der Waals surface area (Å²) in [5.41, 5.74) is 2.67. The molecule has 1 saturated heterocycles. The first kappa shape index (κ1) is 11.8. The summed E-state index contributed by atoms with van der Waals surface area (Å²) in [7, 11) is 0. The molecular weight excluding hydrogens is 224 g/mol. The Hall–Kier alpha value is -1.67. The van der Waals surface area contributed by atoms with E-state index >= 15 is 0 Å². The molecule has 0 spiro atoms. The Bertz CT molecular complexity index is 448. The van der Waals surface area contributed by atoms with Crippen LogP contribution in [0.3, 0.4) is 0 Å². The number of hydrogen-bond acceptors (Lipinski definition) is 3. The zero-order chi connectivity index (χ0) is 12.3. The Morgan fingerprint density at radius 1 is 1.12 bits per heavy atom. The second kappa shape index (κ2) is 5.11. The molecule has 0 aliphatic carbocycles. The molecule has 2 rings (SSSR count). The van der Waals surface area contributed by atoms with Crippen LogP contribution in [0.25, 0.3) is 0 Å². The monoisotopic (exact) mass is 237 g/mol. The van der Waals surface area contributed by atoms with Gasteiger partial charge in [-0.05, 0) is 25.0 Å². The van der Waals surface area contributed by atoms with Crippen LogP contribution in [0.15, 0.2) is 12.1 Å². The summed E-state index contributed by atoms with van der Waals surface area (Å²) in [5.74, 6) is -2.08. The summed E-state index contributed by atoms with van der Waals surface area (Å²) in [4.78, 5) is 0. The van der Waals surface area contributed by atoms with Crippen molar-refractivity contribution in [3.05, 3.63) is 29.3 Å². The third kappa shape index (κ3) is 2.53. The number of hydrogen-bond donors (Lipinski definition) is 1. The van der Waals surface area contributed by atoms with Crippen molar-refractivity contribution in [2.75, 3.05) is 18.5 Å². The Kier molecular flexibility index (Phi) is 3.55. The van der Waals surface area contributed by atoms with Crippen LogP contribution in [0.5, 0.6) is 0 Å². The number of nitriles is 1. The molecule has 0 aromatic heterocycles. The van der Waals surface area contributed by atoms with E-state index in [2.05, 4.69) is 5.43 Å². The lowest BCUT2D eigenvalue weighted by molar-refractivity contribution is 0.271. The van der Waals surface area contributed by atoms with Crippen LogP contribution in [-0.4, -0.2) is 18.1 Å². The van der Waals surface area contributed by atoms with Crippen molar-refractivity contribution in [3.8, 4) is 6.07 Å². The van der Waals surface area contributed by atoms with Crippen LogP contribution < -0.4 is 5.43 Å². The average Bonchev–Trinajstić information content (AvgIpc) is 2.37. The molecule has 0 amide bonds. The van der Waals surface area contributed by atoms with Crippen molar-refractivity contribution in [3.63, 3.8) is 0 Å². The van der Waals surface area contributed by atoms with E-state index in [1.54, 1.807) is 6.07 Å². The standard InChI is InChI=1S/C12H13F2N3/c13-11-9(8-15)4-5-10(12(11)14)16-17-6-2-1-3-7-17/h4-5,16H,1-3,6-7H2. The van der Waals surface area contributed by atoms with Gasteiger partial charge in [0.2, 0.25) is 0 Å². The van der Waals surface area contributed by atoms with Crippen LogP contribution in [0.4, 0.5) is 14.5 Å². The molecule has 17 heavy (non-hydrogen) atoms. The molecule has 1 aliphatic rings. The van der Waals surface area contributed by atoms with Gasteiger partial charge in [0, 0.05) is 13.1 Å². The van der Waals surface area contributed by atoms with Gasteiger partial charge in [0.05, 0.1) is 11.3 Å². The Morgan fingerprint density at radius 2 is 1.82 bits per heavy atom. The molecule has 1 fully saturated rings. The summed E-state index contributed by atoms with van der Waals surface area (Å²) in [5, 5.41) is 10.4. The minimum Gasteiger partial charge on any atom is -0.316 e. The third-order valence-corrected chi connectivity index (χ3v) is 2.84. The largest absolute Gasteiger partial charge is 0.316 e. The molecule has 0 radical (unpaired) electrons. The fourth-order valence-corrected chi connectivity index (χ4v) is 1.90. The molecule has 1 aromatic carbocycles. The molecule has 1 aromatic rings. The first-order chi connectivity index (χ1) is 8.22. The number of piperidine rings is 1. The zero-order valence-electron chi connectivity index (χ0n) is 9.34. The number of nitrogens with zero attached hydrogens (tertiary/aromatic N) is 2. The SMILES string of the molecule is N#Cc1ccc(NN2CCCCC2)c(F)c1F. The minimum absolute atomic E-state index is 0.0865. The molecule has 1 N–H and O–H groups in total. The second-order valence-electron chi connectivity index (χ2n) is 4.06. The first-order valence-electron chi connectivity index (χ1n) is 5.62. The van der Waals surface area contributed by atoms with Crippen LogP contribution in [0.2, 0.25) is 0 Å². The molecule has 1 heterocycles. The number of anilines is 1. The molecule has 0 atom stereocenters. The van der Waals surface area contributed by atoms with Gasteiger partial charge in [-0.2, -0.15) is 5.26 Å². The van der Waals surface area contributed by atoms with Gasteiger partial charge in [-0.1, -0.05) is 6.42 Å². The van der Waals surface area contributed by atoms with Gasteiger partial charge in [0.15, 0.2) is 11.6 Å². The van der Waals surface area contributed by atoms with Crippen molar-refractivity contribution in [2.24, 2.45) is 0 Å². The van der Waals surface area contributed by atoms with Crippen molar-refractivity contribution in [2.45, 2.75) is 19.3 Å². The molecule has 1 aliphatic heterocycles. The maximum atomic E-state index is 13.6. The van der Waals surface area contributed by atoms with Crippen LogP contribution >= 0.6 is 0 Å². The van der Waals surface area contributed by atoms with E-state index in [1.807, 2.05) is 5.01 Å². The summed E-state index contributed by atoms with van der Waals surface area (Å²) in [6, 6.07) is 4.29. The highest BCUT2D eigenvalue weighted by Gasteiger charge is 2.16. The van der Waals surface area contributed by atoms with Crippen LogP contribution in [0, 0.1) is 23.0 Å². The summed E-state index contributed by atoms with van der Waals surface area (Å²) in [6.07, 6.45) is 3.27. The Balaban J connectivity index is 2.16. The maximum absolute atomic E-state index is 13.6. The number of hydrazine groups is 1. The van der Waals surface area contributed by atoms with Crippen LogP contribution in [0.1, 0.15) is 24.8 Å². The van der Waals surface area contributed by atoms with Gasteiger partial charge in [-0.25, -0.2) is 13.8 Å². The van der Waals surface area contributed by atoms with Gasteiger partial charge >= 0.3 is 0 Å². The lowest BCUT2D eigenvalue weighted by atomic mass is 10.1. The lowest BCUT2D eigenvalue weighted by Gasteiger charge is -2.28. The predicted octanol–water partition coefficient (Wildman–Crippen LogP) is 2.65. The fraction of sp³-hybridized carbons (Fsp3) is 0.417. The van der Waals surface area contributed by atoms with Crippen molar-refractivity contribution >= 4 is 5.69 Å². The van der Waals surface area contributed by atoms with Gasteiger partial charge < -0.3 is 5.43 Å². The highest BCUT2D eigenvalue weighted by molar-refractivity contribution is 5.49. The normalized spacial score (nSPS) is 16.5. The maximum Gasteiger partial charge on any atom is 0.184 e. The zero-order valence-corrected chi connectivity index (χ0v) is 9.34. The van der Waals surface area contributed by atoms with Gasteiger partial charge in [0.1, 0.15) is 6.07 Å². The first-order valence-corrected chi connectivity index (χ1v) is 5.62. The number of benzene rings is 1. The topological polar surface area (TPSA) is 39.1 Å². The molecule has 0 unspecified atom stereocenters. The average molecular weight is 237 g/mol. The summed E-state index contributed by atoms with van der Waals surface area (Å²) >= 11 is 0. The number of rotatable bonds is 2. The lowest BCUT2D eigenvalue weighted by Crippen LogP contribution is -2.35. The van der Waals surface area contributed by atoms with Gasteiger partial charge in [-0.15, -0.1) is 0 Å². The second-order valence-corrected chi connectivity index (χ2v) is 4.06.